The first-order chi connectivity index (χ1) is 6.79. The molecule has 0 radical (unpaired) electrons. The fraction of sp³-hybridized carbons (Fsp3) is 0.0909. The van der Waals surface area contributed by atoms with E-state index in [2.05, 4.69) is 4.74 Å². The zero-order valence-corrected chi connectivity index (χ0v) is 7.73. The van der Waals surface area contributed by atoms with Crippen LogP contribution in [0.1, 0.15) is 0 Å². The van der Waals surface area contributed by atoms with Gasteiger partial charge in [0.25, 0.3) is 0 Å². The van der Waals surface area contributed by atoms with Crippen LogP contribution in [0.25, 0.3) is 0 Å². The summed E-state index contributed by atoms with van der Waals surface area (Å²) >= 11 is 0. The standard InChI is InChI=1S/C11H9NO2/c1-14-11(13)10(8-12)9-6-4-2-3-5-7-9/h2-7H,1H3. The van der Waals surface area contributed by atoms with Gasteiger partial charge in [0.1, 0.15) is 11.6 Å². The Labute approximate surface area is 82.3 Å². The SMILES string of the molecule is COC(=O)C(C#N)=C1C=CC=CC=C1. The lowest BCUT2D eigenvalue weighted by molar-refractivity contribution is -0.135. The maximum absolute atomic E-state index is 11.2. The monoisotopic (exact) mass is 187 g/mol. The molecular formula is C11H9NO2. The van der Waals surface area contributed by atoms with Crippen LogP contribution in [0.4, 0.5) is 0 Å². The Hall–Kier alpha value is -2.08. The van der Waals surface area contributed by atoms with Crippen LogP contribution in [-0.2, 0) is 9.53 Å². The fourth-order valence-corrected chi connectivity index (χ4v) is 0.999. The van der Waals surface area contributed by atoms with Crippen molar-refractivity contribution < 1.29 is 9.53 Å². The Morgan fingerprint density at radius 2 is 1.86 bits per heavy atom. The van der Waals surface area contributed by atoms with Crippen molar-refractivity contribution in [1.82, 2.24) is 0 Å². The van der Waals surface area contributed by atoms with Crippen molar-refractivity contribution in [2.45, 2.75) is 0 Å². The Morgan fingerprint density at radius 1 is 1.29 bits per heavy atom. The van der Waals surface area contributed by atoms with Crippen molar-refractivity contribution in [3.8, 4) is 6.07 Å². The number of hydrogen-bond acceptors (Lipinski definition) is 3. The molecular weight excluding hydrogens is 178 g/mol. The first-order valence-electron chi connectivity index (χ1n) is 4.03. The molecule has 0 atom stereocenters. The van der Waals surface area contributed by atoms with E-state index in [1.165, 1.54) is 7.11 Å². The van der Waals surface area contributed by atoms with E-state index in [-0.39, 0.29) is 5.57 Å². The minimum Gasteiger partial charge on any atom is -0.465 e. The molecule has 0 saturated heterocycles. The van der Waals surface area contributed by atoms with Gasteiger partial charge in [-0.1, -0.05) is 36.5 Å². The van der Waals surface area contributed by atoms with Crippen LogP contribution in [0, 0.1) is 11.3 Å². The zero-order valence-electron chi connectivity index (χ0n) is 7.73. The van der Waals surface area contributed by atoms with Gasteiger partial charge in [0.15, 0.2) is 0 Å². The van der Waals surface area contributed by atoms with E-state index in [0.29, 0.717) is 5.57 Å². The van der Waals surface area contributed by atoms with E-state index in [1.807, 2.05) is 18.2 Å². The van der Waals surface area contributed by atoms with E-state index >= 15 is 0 Å². The summed E-state index contributed by atoms with van der Waals surface area (Å²) in [4.78, 5) is 11.2. The van der Waals surface area contributed by atoms with E-state index in [9.17, 15) is 4.79 Å². The molecule has 14 heavy (non-hydrogen) atoms. The second-order valence-electron chi connectivity index (χ2n) is 2.54. The number of rotatable bonds is 1. The van der Waals surface area contributed by atoms with Gasteiger partial charge in [-0.2, -0.15) is 5.26 Å². The fourth-order valence-electron chi connectivity index (χ4n) is 0.999. The van der Waals surface area contributed by atoms with Crippen LogP contribution in [0.5, 0.6) is 0 Å². The molecule has 1 aliphatic carbocycles. The number of methoxy groups -OCH3 is 1. The van der Waals surface area contributed by atoms with Gasteiger partial charge in [0, 0.05) is 0 Å². The smallest absolute Gasteiger partial charge is 0.349 e. The highest BCUT2D eigenvalue weighted by molar-refractivity contribution is 5.94. The number of hydrogen-bond donors (Lipinski definition) is 0. The van der Waals surface area contributed by atoms with E-state index < -0.39 is 5.97 Å². The van der Waals surface area contributed by atoms with E-state index in [0.717, 1.165) is 0 Å². The van der Waals surface area contributed by atoms with Gasteiger partial charge in [0.2, 0.25) is 0 Å². The molecule has 1 rings (SSSR count). The van der Waals surface area contributed by atoms with Crippen LogP contribution in [0.3, 0.4) is 0 Å². The lowest BCUT2D eigenvalue weighted by Crippen LogP contribution is -2.04. The van der Waals surface area contributed by atoms with E-state index in [1.54, 1.807) is 24.3 Å². The second kappa shape index (κ2) is 4.83. The van der Waals surface area contributed by atoms with Crippen molar-refractivity contribution in [3.63, 3.8) is 0 Å². The number of allylic oxidation sites excluding steroid dienone is 7. The molecule has 0 saturated carbocycles. The molecule has 0 N–H and O–H groups in total. The molecule has 0 amide bonds. The summed E-state index contributed by atoms with van der Waals surface area (Å²) in [6.45, 7) is 0. The summed E-state index contributed by atoms with van der Waals surface area (Å²) in [6, 6.07) is 1.83. The first kappa shape index (κ1) is 10.0. The quantitative estimate of drug-likeness (QED) is 0.356. The molecule has 70 valence electrons. The van der Waals surface area contributed by atoms with Crippen LogP contribution >= 0.6 is 0 Å². The molecule has 0 aromatic heterocycles. The predicted molar refractivity (Wildman–Crippen MR) is 52.1 cm³/mol. The van der Waals surface area contributed by atoms with Crippen molar-refractivity contribution in [3.05, 3.63) is 47.6 Å². The lowest BCUT2D eigenvalue weighted by Gasteiger charge is -1.98. The molecule has 0 unspecified atom stereocenters. The van der Waals surface area contributed by atoms with Gasteiger partial charge >= 0.3 is 5.97 Å². The largest absolute Gasteiger partial charge is 0.465 e. The Bertz CT molecular complexity index is 374. The Morgan fingerprint density at radius 3 is 2.29 bits per heavy atom. The summed E-state index contributed by atoms with van der Waals surface area (Å²) in [7, 11) is 1.25. The normalized spacial score (nSPS) is 13.3. The van der Waals surface area contributed by atoms with Gasteiger partial charge in [-0.3, -0.25) is 0 Å². The third kappa shape index (κ3) is 2.20. The average Bonchev–Trinajstić information content (AvgIpc) is 2.47. The average molecular weight is 187 g/mol. The first-order valence-corrected chi connectivity index (χ1v) is 4.03. The van der Waals surface area contributed by atoms with Gasteiger partial charge in [-0.05, 0) is 5.57 Å². The number of carbonyl (C=O) groups excluding carboxylic acids is 1. The highest BCUT2D eigenvalue weighted by Gasteiger charge is 2.12. The molecule has 0 aromatic rings. The maximum atomic E-state index is 11.2. The Kier molecular flexibility index (Phi) is 3.45. The molecule has 0 spiro atoms. The van der Waals surface area contributed by atoms with E-state index in [4.69, 9.17) is 5.26 Å². The molecule has 0 bridgehead atoms. The van der Waals surface area contributed by atoms with Crippen molar-refractivity contribution in [2.24, 2.45) is 0 Å². The molecule has 0 fully saturated rings. The molecule has 0 heterocycles. The summed E-state index contributed by atoms with van der Waals surface area (Å²) in [5, 5.41) is 8.77. The van der Waals surface area contributed by atoms with Gasteiger partial charge in [0.05, 0.1) is 7.11 Å². The molecule has 1 aliphatic rings. The number of carbonyl (C=O) groups is 1. The van der Waals surface area contributed by atoms with Gasteiger partial charge in [-0.15, -0.1) is 0 Å². The third-order valence-corrected chi connectivity index (χ3v) is 1.67. The minimum atomic E-state index is -0.612. The van der Waals surface area contributed by atoms with Crippen LogP contribution in [0.15, 0.2) is 47.6 Å². The summed E-state index contributed by atoms with van der Waals surface area (Å²) in [6.07, 6.45) is 10.5. The third-order valence-electron chi connectivity index (χ3n) is 1.67. The van der Waals surface area contributed by atoms with Crippen molar-refractivity contribution in [1.29, 1.82) is 5.26 Å². The van der Waals surface area contributed by atoms with Crippen molar-refractivity contribution in [2.75, 3.05) is 7.11 Å². The molecule has 0 aliphatic heterocycles. The van der Waals surface area contributed by atoms with Crippen LogP contribution in [-0.4, -0.2) is 13.1 Å². The maximum Gasteiger partial charge on any atom is 0.349 e. The second-order valence-corrected chi connectivity index (χ2v) is 2.54. The van der Waals surface area contributed by atoms with Gasteiger partial charge in [-0.25, -0.2) is 4.79 Å². The Balaban J connectivity index is 3.13. The number of nitrogens with zero attached hydrogens (tertiary/aromatic N) is 1. The number of esters is 1. The summed E-state index contributed by atoms with van der Waals surface area (Å²) in [5.74, 6) is -0.612. The number of ether oxygens (including phenoxy) is 1. The van der Waals surface area contributed by atoms with Crippen molar-refractivity contribution >= 4 is 5.97 Å². The van der Waals surface area contributed by atoms with Gasteiger partial charge < -0.3 is 4.74 Å². The predicted octanol–water partition coefficient (Wildman–Crippen LogP) is 1.66. The van der Waals surface area contributed by atoms with Crippen LogP contribution in [0.2, 0.25) is 0 Å². The molecule has 3 heteroatoms. The highest BCUT2D eigenvalue weighted by atomic mass is 16.5. The van der Waals surface area contributed by atoms with Crippen LogP contribution < -0.4 is 0 Å². The lowest BCUT2D eigenvalue weighted by atomic mass is 10.1. The highest BCUT2D eigenvalue weighted by Crippen LogP contribution is 2.11. The summed E-state index contributed by atoms with van der Waals surface area (Å²) < 4.78 is 4.49. The topological polar surface area (TPSA) is 50.1 Å². The molecule has 0 aromatic carbocycles. The minimum absolute atomic E-state index is 0.0173. The summed E-state index contributed by atoms with van der Waals surface area (Å²) in [5.41, 5.74) is 0.577. The molecule has 3 nitrogen and oxygen atoms in total. The number of nitriles is 1. The zero-order chi connectivity index (χ0) is 10.4.